The van der Waals surface area contributed by atoms with Gasteiger partial charge < -0.3 is 4.74 Å². The summed E-state index contributed by atoms with van der Waals surface area (Å²) in [5.74, 6) is 0.518. The minimum Gasteiger partial charge on any atom is -0.465 e. The van der Waals surface area contributed by atoms with Crippen LogP contribution in [0.4, 0.5) is 0 Å². The van der Waals surface area contributed by atoms with Crippen molar-refractivity contribution in [2.75, 3.05) is 6.61 Å². The van der Waals surface area contributed by atoms with Gasteiger partial charge in [0.25, 0.3) is 0 Å². The molecule has 1 unspecified atom stereocenters. The SMILES string of the molecule is CCCCCCCCCCCC(=O)OCC(C)CCCCC. The fraction of sp³-hybridized carbons (Fsp3) is 0.950. The van der Waals surface area contributed by atoms with Crippen molar-refractivity contribution in [3.63, 3.8) is 0 Å². The molecule has 132 valence electrons. The van der Waals surface area contributed by atoms with Crippen LogP contribution in [0.5, 0.6) is 0 Å². The first-order chi connectivity index (χ1) is 10.7. The minimum atomic E-state index is 0.00490. The Morgan fingerprint density at radius 2 is 1.27 bits per heavy atom. The molecule has 0 aliphatic heterocycles. The largest absolute Gasteiger partial charge is 0.465 e. The third-order valence-corrected chi connectivity index (χ3v) is 4.31. The molecule has 0 spiro atoms. The first-order valence-electron chi connectivity index (χ1n) is 9.86. The summed E-state index contributed by atoms with van der Waals surface area (Å²) >= 11 is 0. The van der Waals surface area contributed by atoms with Crippen molar-refractivity contribution < 1.29 is 9.53 Å². The second-order valence-corrected chi connectivity index (χ2v) is 6.86. The maximum absolute atomic E-state index is 11.7. The van der Waals surface area contributed by atoms with Crippen LogP contribution in [0.2, 0.25) is 0 Å². The Bertz CT molecular complexity index is 238. The predicted molar refractivity (Wildman–Crippen MR) is 96.1 cm³/mol. The van der Waals surface area contributed by atoms with Crippen LogP contribution in [0.1, 0.15) is 111 Å². The molecule has 0 aromatic rings. The molecular weight excluding hydrogens is 272 g/mol. The van der Waals surface area contributed by atoms with E-state index in [-0.39, 0.29) is 5.97 Å². The van der Waals surface area contributed by atoms with Crippen LogP contribution < -0.4 is 0 Å². The van der Waals surface area contributed by atoms with Crippen molar-refractivity contribution in [3.05, 3.63) is 0 Å². The zero-order valence-electron chi connectivity index (χ0n) is 15.5. The summed E-state index contributed by atoms with van der Waals surface area (Å²) in [6.07, 6.45) is 17.2. The quantitative estimate of drug-likeness (QED) is 0.235. The highest BCUT2D eigenvalue weighted by atomic mass is 16.5. The number of rotatable bonds is 16. The highest BCUT2D eigenvalue weighted by molar-refractivity contribution is 5.69. The van der Waals surface area contributed by atoms with Crippen molar-refractivity contribution in [1.82, 2.24) is 0 Å². The predicted octanol–water partition coefficient (Wildman–Crippen LogP) is 6.67. The summed E-state index contributed by atoms with van der Waals surface area (Å²) in [4.78, 5) is 11.7. The molecule has 2 heteroatoms. The van der Waals surface area contributed by atoms with E-state index >= 15 is 0 Å². The minimum absolute atomic E-state index is 0.00490. The van der Waals surface area contributed by atoms with E-state index in [1.807, 2.05) is 0 Å². The Morgan fingerprint density at radius 3 is 1.86 bits per heavy atom. The molecule has 2 nitrogen and oxygen atoms in total. The molecule has 0 aliphatic rings. The topological polar surface area (TPSA) is 26.3 Å². The van der Waals surface area contributed by atoms with E-state index in [1.165, 1.54) is 77.0 Å². The Labute approximate surface area is 139 Å². The molecule has 0 heterocycles. The number of unbranched alkanes of at least 4 members (excludes halogenated alkanes) is 10. The van der Waals surface area contributed by atoms with Crippen molar-refractivity contribution in [2.45, 2.75) is 111 Å². The van der Waals surface area contributed by atoms with Crippen LogP contribution in [0, 0.1) is 5.92 Å². The summed E-state index contributed by atoms with van der Waals surface area (Å²) in [6, 6.07) is 0. The van der Waals surface area contributed by atoms with Crippen LogP contribution in [-0.2, 0) is 9.53 Å². The molecule has 0 N–H and O–H groups in total. The second kappa shape index (κ2) is 16.8. The van der Waals surface area contributed by atoms with Gasteiger partial charge >= 0.3 is 5.97 Å². The van der Waals surface area contributed by atoms with E-state index in [9.17, 15) is 4.79 Å². The molecule has 0 radical (unpaired) electrons. The average molecular weight is 313 g/mol. The fourth-order valence-electron chi connectivity index (χ4n) is 2.71. The number of ether oxygens (including phenoxy) is 1. The average Bonchev–Trinajstić information content (AvgIpc) is 2.51. The van der Waals surface area contributed by atoms with Gasteiger partial charge in [-0.1, -0.05) is 91.4 Å². The lowest BCUT2D eigenvalue weighted by Crippen LogP contribution is -2.11. The molecule has 0 bridgehead atoms. The van der Waals surface area contributed by atoms with E-state index < -0.39 is 0 Å². The maximum Gasteiger partial charge on any atom is 0.305 e. The second-order valence-electron chi connectivity index (χ2n) is 6.86. The van der Waals surface area contributed by atoms with Crippen molar-refractivity contribution in [1.29, 1.82) is 0 Å². The van der Waals surface area contributed by atoms with Crippen molar-refractivity contribution in [3.8, 4) is 0 Å². The van der Waals surface area contributed by atoms with Crippen LogP contribution in [0.25, 0.3) is 0 Å². The van der Waals surface area contributed by atoms with Gasteiger partial charge in [0.05, 0.1) is 6.61 Å². The normalized spacial score (nSPS) is 12.3. The van der Waals surface area contributed by atoms with Crippen LogP contribution in [0.15, 0.2) is 0 Å². The number of esters is 1. The van der Waals surface area contributed by atoms with Gasteiger partial charge in [0.2, 0.25) is 0 Å². The Kier molecular flexibility index (Phi) is 16.4. The molecule has 0 saturated heterocycles. The molecule has 22 heavy (non-hydrogen) atoms. The molecule has 0 aliphatic carbocycles. The molecule has 0 rings (SSSR count). The van der Waals surface area contributed by atoms with Gasteiger partial charge in [-0.2, -0.15) is 0 Å². The lowest BCUT2D eigenvalue weighted by atomic mass is 10.0. The molecule has 0 amide bonds. The van der Waals surface area contributed by atoms with Gasteiger partial charge in [0.1, 0.15) is 0 Å². The van der Waals surface area contributed by atoms with Crippen LogP contribution in [0.3, 0.4) is 0 Å². The summed E-state index contributed by atoms with van der Waals surface area (Å²) in [5, 5.41) is 0. The molecule has 0 fully saturated rings. The summed E-state index contributed by atoms with van der Waals surface area (Å²) in [7, 11) is 0. The molecule has 0 aromatic heterocycles. The zero-order valence-corrected chi connectivity index (χ0v) is 15.5. The lowest BCUT2D eigenvalue weighted by molar-refractivity contribution is -0.145. The van der Waals surface area contributed by atoms with Crippen LogP contribution >= 0.6 is 0 Å². The summed E-state index contributed by atoms with van der Waals surface area (Å²) < 4.78 is 5.37. The molecule has 0 aromatic carbocycles. The van der Waals surface area contributed by atoms with E-state index in [0.29, 0.717) is 18.9 Å². The third-order valence-electron chi connectivity index (χ3n) is 4.31. The van der Waals surface area contributed by atoms with Gasteiger partial charge in [-0.3, -0.25) is 4.79 Å². The summed E-state index contributed by atoms with van der Waals surface area (Å²) in [5.41, 5.74) is 0. The van der Waals surface area contributed by atoms with Gasteiger partial charge in [-0.15, -0.1) is 0 Å². The summed E-state index contributed by atoms with van der Waals surface area (Å²) in [6.45, 7) is 7.27. The third kappa shape index (κ3) is 15.9. The van der Waals surface area contributed by atoms with Gasteiger partial charge in [0, 0.05) is 6.42 Å². The monoisotopic (exact) mass is 312 g/mol. The molecule has 1 atom stereocenters. The van der Waals surface area contributed by atoms with E-state index in [4.69, 9.17) is 4.74 Å². The number of hydrogen-bond donors (Lipinski definition) is 0. The number of carbonyl (C=O) groups excluding carboxylic acids is 1. The molecular formula is C20H40O2. The first kappa shape index (κ1) is 21.5. The van der Waals surface area contributed by atoms with Gasteiger partial charge in [0.15, 0.2) is 0 Å². The van der Waals surface area contributed by atoms with E-state index in [1.54, 1.807) is 0 Å². The number of hydrogen-bond acceptors (Lipinski definition) is 2. The Morgan fingerprint density at radius 1 is 0.773 bits per heavy atom. The Hall–Kier alpha value is -0.530. The first-order valence-corrected chi connectivity index (χ1v) is 9.86. The highest BCUT2D eigenvalue weighted by Gasteiger charge is 2.07. The van der Waals surface area contributed by atoms with E-state index in [0.717, 1.165) is 6.42 Å². The lowest BCUT2D eigenvalue weighted by Gasteiger charge is -2.11. The van der Waals surface area contributed by atoms with Crippen molar-refractivity contribution >= 4 is 5.97 Å². The van der Waals surface area contributed by atoms with Gasteiger partial charge in [-0.25, -0.2) is 0 Å². The van der Waals surface area contributed by atoms with E-state index in [2.05, 4.69) is 20.8 Å². The van der Waals surface area contributed by atoms with Crippen molar-refractivity contribution in [2.24, 2.45) is 5.92 Å². The zero-order chi connectivity index (χ0) is 16.5. The maximum atomic E-state index is 11.7. The smallest absolute Gasteiger partial charge is 0.305 e. The molecule has 0 saturated carbocycles. The van der Waals surface area contributed by atoms with Crippen LogP contribution in [-0.4, -0.2) is 12.6 Å². The van der Waals surface area contributed by atoms with Gasteiger partial charge in [-0.05, 0) is 18.8 Å². The highest BCUT2D eigenvalue weighted by Crippen LogP contribution is 2.12. The Balaban J connectivity index is 3.28. The fourth-order valence-corrected chi connectivity index (χ4v) is 2.71. The number of carbonyl (C=O) groups is 1. The standard InChI is InChI=1S/C20H40O2/c1-4-6-8-9-10-11-12-13-15-17-20(21)22-18-19(3)16-14-7-5-2/h19H,4-18H2,1-3H3.